The Morgan fingerprint density at radius 2 is 1.80 bits per heavy atom. The molecule has 112 valence electrons. The van der Waals surface area contributed by atoms with E-state index in [9.17, 15) is 4.79 Å². The van der Waals surface area contributed by atoms with Crippen molar-refractivity contribution in [3.8, 4) is 5.75 Å². The Bertz CT molecular complexity index is 449. The highest BCUT2D eigenvalue weighted by Gasteiger charge is 2.28. The van der Waals surface area contributed by atoms with Gasteiger partial charge in [-0.3, -0.25) is 4.79 Å². The number of nitrogens with two attached hydrogens (primary N) is 1. The molecule has 0 heterocycles. The summed E-state index contributed by atoms with van der Waals surface area (Å²) in [6.07, 6.45) is 0. The second-order valence-electron chi connectivity index (χ2n) is 5.99. The van der Waals surface area contributed by atoms with Crippen LogP contribution >= 0.6 is 0 Å². The number of carbonyl (C=O) groups is 1. The SMILES string of the molecule is Cc1cc(C)cc(OCCN(C)C(=O)C(C)(C)CN)c1. The van der Waals surface area contributed by atoms with Crippen LogP contribution in [-0.4, -0.2) is 37.6 Å². The molecule has 0 saturated heterocycles. The van der Waals surface area contributed by atoms with Gasteiger partial charge in [-0.2, -0.15) is 0 Å². The smallest absolute Gasteiger partial charge is 0.229 e. The van der Waals surface area contributed by atoms with E-state index in [0.29, 0.717) is 19.7 Å². The third kappa shape index (κ3) is 4.53. The molecule has 20 heavy (non-hydrogen) atoms. The number of carbonyl (C=O) groups excluding carboxylic acids is 1. The molecule has 0 saturated carbocycles. The van der Waals surface area contributed by atoms with Crippen molar-refractivity contribution in [2.75, 3.05) is 26.7 Å². The van der Waals surface area contributed by atoms with Gasteiger partial charge in [0.25, 0.3) is 0 Å². The van der Waals surface area contributed by atoms with Gasteiger partial charge in [-0.05, 0) is 51.0 Å². The number of nitrogens with zero attached hydrogens (tertiary/aromatic N) is 1. The standard InChI is InChI=1S/C16H26N2O2/c1-12-8-13(2)10-14(9-12)20-7-6-18(5)15(19)16(3,4)11-17/h8-10H,6-7,11,17H2,1-5H3. The van der Waals surface area contributed by atoms with Gasteiger partial charge in [0.1, 0.15) is 12.4 Å². The molecule has 0 bridgehead atoms. The van der Waals surface area contributed by atoms with Gasteiger partial charge in [-0.25, -0.2) is 0 Å². The fraction of sp³-hybridized carbons (Fsp3) is 0.562. The van der Waals surface area contributed by atoms with E-state index in [4.69, 9.17) is 10.5 Å². The van der Waals surface area contributed by atoms with Crippen molar-refractivity contribution < 1.29 is 9.53 Å². The maximum atomic E-state index is 12.1. The molecule has 2 N–H and O–H groups in total. The molecule has 0 aliphatic carbocycles. The number of aryl methyl sites for hydroxylation is 2. The van der Waals surface area contributed by atoms with Crippen LogP contribution in [0.15, 0.2) is 18.2 Å². The van der Waals surface area contributed by atoms with Gasteiger partial charge in [-0.1, -0.05) is 6.07 Å². The van der Waals surface area contributed by atoms with Crippen molar-refractivity contribution in [3.63, 3.8) is 0 Å². The third-order valence-corrected chi connectivity index (χ3v) is 3.33. The number of amides is 1. The van der Waals surface area contributed by atoms with Crippen LogP contribution in [0.2, 0.25) is 0 Å². The number of hydrogen-bond acceptors (Lipinski definition) is 3. The van der Waals surface area contributed by atoms with Crippen LogP contribution in [-0.2, 0) is 4.79 Å². The maximum Gasteiger partial charge on any atom is 0.229 e. The summed E-state index contributed by atoms with van der Waals surface area (Å²) in [6.45, 7) is 9.17. The summed E-state index contributed by atoms with van der Waals surface area (Å²) in [6, 6.07) is 6.10. The minimum absolute atomic E-state index is 0.0454. The Labute approximate surface area is 121 Å². The molecule has 1 aromatic carbocycles. The Morgan fingerprint density at radius 1 is 1.25 bits per heavy atom. The zero-order valence-electron chi connectivity index (χ0n) is 13.2. The van der Waals surface area contributed by atoms with E-state index in [1.165, 1.54) is 11.1 Å². The first-order chi connectivity index (χ1) is 9.26. The van der Waals surface area contributed by atoms with E-state index >= 15 is 0 Å². The summed E-state index contributed by atoms with van der Waals surface area (Å²) >= 11 is 0. The molecule has 1 rings (SSSR count). The highest BCUT2D eigenvalue weighted by atomic mass is 16.5. The minimum Gasteiger partial charge on any atom is -0.492 e. The van der Waals surface area contributed by atoms with Gasteiger partial charge in [0, 0.05) is 13.6 Å². The molecule has 4 nitrogen and oxygen atoms in total. The zero-order chi connectivity index (χ0) is 15.3. The van der Waals surface area contributed by atoms with Crippen molar-refractivity contribution in [2.45, 2.75) is 27.7 Å². The Hall–Kier alpha value is -1.55. The highest BCUT2D eigenvalue weighted by Crippen LogP contribution is 2.17. The van der Waals surface area contributed by atoms with Crippen LogP contribution in [0.3, 0.4) is 0 Å². The highest BCUT2D eigenvalue weighted by molar-refractivity contribution is 5.81. The lowest BCUT2D eigenvalue weighted by atomic mass is 9.92. The molecule has 1 aromatic rings. The lowest BCUT2D eigenvalue weighted by Crippen LogP contribution is -2.44. The van der Waals surface area contributed by atoms with Crippen LogP contribution in [0, 0.1) is 19.3 Å². The molecular formula is C16H26N2O2. The van der Waals surface area contributed by atoms with Crippen LogP contribution < -0.4 is 10.5 Å². The number of benzene rings is 1. The van der Waals surface area contributed by atoms with Crippen LogP contribution in [0.1, 0.15) is 25.0 Å². The number of hydrogen-bond donors (Lipinski definition) is 1. The first-order valence-corrected chi connectivity index (χ1v) is 6.93. The molecule has 0 unspecified atom stereocenters. The van der Waals surface area contributed by atoms with Gasteiger partial charge in [-0.15, -0.1) is 0 Å². The van der Waals surface area contributed by atoms with Crippen molar-refractivity contribution in [1.29, 1.82) is 0 Å². The van der Waals surface area contributed by atoms with Crippen LogP contribution in [0.25, 0.3) is 0 Å². The van der Waals surface area contributed by atoms with Gasteiger partial charge >= 0.3 is 0 Å². The molecule has 1 amide bonds. The lowest BCUT2D eigenvalue weighted by molar-refractivity contribution is -0.138. The molecule has 0 atom stereocenters. The summed E-state index contributed by atoms with van der Waals surface area (Å²) in [5.41, 5.74) is 7.45. The second-order valence-corrected chi connectivity index (χ2v) is 5.99. The fourth-order valence-corrected chi connectivity index (χ4v) is 2.02. The normalized spacial score (nSPS) is 11.3. The molecule has 0 aliphatic rings. The van der Waals surface area contributed by atoms with E-state index in [1.807, 2.05) is 39.8 Å². The number of rotatable bonds is 6. The van der Waals surface area contributed by atoms with Crippen LogP contribution in [0.4, 0.5) is 0 Å². The Balaban J connectivity index is 2.50. The predicted octanol–water partition coefficient (Wildman–Crippen LogP) is 2.13. The molecule has 0 fully saturated rings. The average Bonchev–Trinajstić information content (AvgIpc) is 2.36. The Kier molecular flexibility index (Phi) is 5.57. The maximum absolute atomic E-state index is 12.1. The van der Waals surface area contributed by atoms with Crippen molar-refractivity contribution in [1.82, 2.24) is 4.90 Å². The molecule has 0 spiro atoms. The van der Waals surface area contributed by atoms with Crippen molar-refractivity contribution >= 4 is 5.91 Å². The minimum atomic E-state index is -0.519. The molecular weight excluding hydrogens is 252 g/mol. The first kappa shape index (κ1) is 16.5. The summed E-state index contributed by atoms with van der Waals surface area (Å²) in [4.78, 5) is 13.8. The first-order valence-electron chi connectivity index (χ1n) is 6.93. The Morgan fingerprint density at radius 3 is 2.30 bits per heavy atom. The van der Waals surface area contributed by atoms with Gasteiger partial charge < -0.3 is 15.4 Å². The quantitative estimate of drug-likeness (QED) is 0.867. The summed E-state index contributed by atoms with van der Waals surface area (Å²) in [5, 5.41) is 0. The topological polar surface area (TPSA) is 55.6 Å². The van der Waals surface area contributed by atoms with E-state index in [0.717, 1.165) is 5.75 Å². The summed E-state index contributed by atoms with van der Waals surface area (Å²) in [7, 11) is 1.78. The van der Waals surface area contributed by atoms with Gasteiger partial charge in [0.05, 0.1) is 12.0 Å². The van der Waals surface area contributed by atoms with E-state index in [1.54, 1.807) is 11.9 Å². The second kappa shape index (κ2) is 6.75. The van der Waals surface area contributed by atoms with E-state index in [2.05, 4.69) is 6.07 Å². The van der Waals surface area contributed by atoms with Crippen LogP contribution in [0.5, 0.6) is 5.75 Å². The number of likely N-dealkylation sites (N-methyl/N-ethyl adjacent to an activating group) is 1. The summed E-state index contributed by atoms with van der Waals surface area (Å²) in [5.74, 6) is 0.894. The third-order valence-electron chi connectivity index (χ3n) is 3.33. The monoisotopic (exact) mass is 278 g/mol. The average molecular weight is 278 g/mol. The zero-order valence-corrected chi connectivity index (χ0v) is 13.2. The predicted molar refractivity (Wildman–Crippen MR) is 81.9 cm³/mol. The summed E-state index contributed by atoms with van der Waals surface area (Å²) < 4.78 is 5.71. The molecule has 0 aliphatic heterocycles. The lowest BCUT2D eigenvalue weighted by Gasteiger charge is -2.28. The fourth-order valence-electron chi connectivity index (χ4n) is 2.02. The van der Waals surface area contributed by atoms with Crippen molar-refractivity contribution in [3.05, 3.63) is 29.3 Å². The van der Waals surface area contributed by atoms with Gasteiger partial charge in [0.15, 0.2) is 0 Å². The van der Waals surface area contributed by atoms with Crippen molar-refractivity contribution in [2.24, 2.45) is 11.1 Å². The number of ether oxygens (including phenoxy) is 1. The van der Waals surface area contributed by atoms with Gasteiger partial charge in [0.2, 0.25) is 5.91 Å². The molecule has 0 radical (unpaired) electrons. The molecule has 0 aromatic heterocycles. The largest absolute Gasteiger partial charge is 0.492 e. The molecule has 4 heteroatoms. The van der Waals surface area contributed by atoms with E-state index in [-0.39, 0.29) is 5.91 Å². The van der Waals surface area contributed by atoms with E-state index < -0.39 is 5.41 Å².